The van der Waals surface area contributed by atoms with Crippen molar-refractivity contribution in [1.29, 1.82) is 0 Å². The van der Waals surface area contributed by atoms with Gasteiger partial charge in [-0.1, -0.05) is 6.92 Å². The first-order chi connectivity index (χ1) is 10.2. The van der Waals surface area contributed by atoms with Gasteiger partial charge in [-0.05, 0) is 44.7 Å². The average molecular weight is 291 g/mol. The van der Waals surface area contributed by atoms with Gasteiger partial charge in [0, 0.05) is 19.3 Å². The fourth-order valence-electron chi connectivity index (χ4n) is 3.25. The molecule has 2 fully saturated rings. The maximum atomic E-state index is 12.3. The number of hydrogen-bond acceptors (Lipinski definition) is 3. The van der Waals surface area contributed by atoms with Crippen LogP contribution in [0, 0.1) is 5.92 Å². The fraction of sp³-hybridized carbons (Fsp3) is 0.733. The van der Waals surface area contributed by atoms with Crippen molar-refractivity contribution in [2.75, 3.05) is 31.5 Å². The van der Waals surface area contributed by atoms with Crippen LogP contribution in [0.25, 0.3) is 0 Å². The van der Waals surface area contributed by atoms with Crippen LogP contribution >= 0.6 is 0 Å². The summed E-state index contributed by atoms with van der Waals surface area (Å²) in [5.74, 6) is 0.599. The van der Waals surface area contributed by atoms with Crippen molar-refractivity contribution in [3.05, 3.63) is 12.4 Å². The van der Waals surface area contributed by atoms with Crippen LogP contribution in [-0.2, 0) is 0 Å². The number of piperidine rings is 2. The molecular formula is C15H25N5O. The van der Waals surface area contributed by atoms with Gasteiger partial charge in [-0.2, -0.15) is 5.10 Å². The molecule has 0 bridgehead atoms. The van der Waals surface area contributed by atoms with Gasteiger partial charge in [0.05, 0.1) is 17.9 Å². The summed E-state index contributed by atoms with van der Waals surface area (Å²) in [5, 5.41) is 10.7. The van der Waals surface area contributed by atoms with Gasteiger partial charge in [-0.3, -0.25) is 4.68 Å². The zero-order chi connectivity index (χ0) is 14.7. The van der Waals surface area contributed by atoms with E-state index in [1.807, 2.05) is 15.8 Å². The molecule has 3 heterocycles. The van der Waals surface area contributed by atoms with Crippen molar-refractivity contribution in [1.82, 2.24) is 20.0 Å². The maximum absolute atomic E-state index is 12.3. The smallest absolute Gasteiger partial charge is 0.321 e. The van der Waals surface area contributed by atoms with E-state index in [0.717, 1.165) is 51.1 Å². The first-order valence-electron chi connectivity index (χ1n) is 8.03. The van der Waals surface area contributed by atoms with Crippen LogP contribution < -0.4 is 10.6 Å². The Morgan fingerprint density at radius 1 is 1.38 bits per heavy atom. The molecule has 0 aromatic carbocycles. The first-order valence-corrected chi connectivity index (χ1v) is 8.03. The molecule has 0 radical (unpaired) electrons. The lowest BCUT2D eigenvalue weighted by Crippen LogP contribution is -2.41. The number of carbonyl (C=O) groups excluding carboxylic acids is 1. The van der Waals surface area contributed by atoms with Crippen LogP contribution in [0.15, 0.2) is 12.4 Å². The molecule has 0 aliphatic carbocycles. The van der Waals surface area contributed by atoms with Crippen LogP contribution in [0.1, 0.15) is 38.6 Å². The third-order valence-electron chi connectivity index (χ3n) is 4.48. The quantitative estimate of drug-likeness (QED) is 0.877. The number of urea groups is 1. The number of carbonyl (C=O) groups is 1. The molecule has 2 aliphatic rings. The van der Waals surface area contributed by atoms with Gasteiger partial charge in [0.15, 0.2) is 0 Å². The monoisotopic (exact) mass is 291 g/mol. The standard InChI is InChI=1S/C15H25N5O/c1-12-3-2-8-19(10-12)15(21)18-13-9-17-20(11-13)14-4-6-16-7-5-14/h9,11-12,14,16H,2-8,10H2,1H3,(H,18,21). The van der Waals surface area contributed by atoms with E-state index in [2.05, 4.69) is 22.7 Å². The minimum Gasteiger partial charge on any atom is -0.324 e. The largest absolute Gasteiger partial charge is 0.324 e. The van der Waals surface area contributed by atoms with Gasteiger partial charge in [0.2, 0.25) is 0 Å². The normalized spacial score (nSPS) is 24.0. The molecule has 116 valence electrons. The predicted octanol–water partition coefficient (Wildman–Crippen LogP) is 2.07. The highest BCUT2D eigenvalue weighted by Gasteiger charge is 2.22. The number of likely N-dealkylation sites (tertiary alicyclic amines) is 1. The molecule has 3 rings (SSSR count). The molecule has 6 heteroatoms. The highest BCUT2D eigenvalue weighted by molar-refractivity contribution is 5.89. The van der Waals surface area contributed by atoms with Crippen molar-refractivity contribution in [3.63, 3.8) is 0 Å². The average Bonchev–Trinajstić information content (AvgIpc) is 2.97. The summed E-state index contributed by atoms with van der Waals surface area (Å²) in [6.07, 6.45) is 8.23. The zero-order valence-electron chi connectivity index (χ0n) is 12.7. The first kappa shape index (κ1) is 14.4. The lowest BCUT2D eigenvalue weighted by Gasteiger charge is -2.30. The Morgan fingerprint density at radius 3 is 2.95 bits per heavy atom. The van der Waals surface area contributed by atoms with Gasteiger partial charge < -0.3 is 15.5 Å². The third kappa shape index (κ3) is 3.56. The summed E-state index contributed by atoms with van der Waals surface area (Å²) >= 11 is 0. The van der Waals surface area contributed by atoms with Crippen LogP contribution in [0.2, 0.25) is 0 Å². The van der Waals surface area contributed by atoms with Crippen LogP contribution in [0.3, 0.4) is 0 Å². The van der Waals surface area contributed by atoms with E-state index in [1.165, 1.54) is 6.42 Å². The Kier molecular flexibility index (Phi) is 4.43. The lowest BCUT2D eigenvalue weighted by atomic mass is 10.0. The lowest BCUT2D eigenvalue weighted by molar-refractivity contribution is 0.182. The van der Waals surface area contributed by atoms with Crippen LogP contribution in [0.4, 0.5) is 10.5 Å². The maximum Gasteiger partial charge on any atom is 0.321 e. The number of amides is 2. The Balaban J connectivity index is 1.57. The minimum atomic E-state index is 0.00594. The molecule has 21 heavy (non-hydrogen) atoms. The van der Waals surface area contributed by atoms with E-state index < -0.39 is 0 Å². The van der Waals surface area contributed by atoms with E-state index in [-0.39, 0.29) is 6.03 Å². The molecule has 1 aromatic heterocycles. The van der Waals surface area contributed by atoms with E-state index in [0.29, 0.717) is 12.0 Å². The SMILES string of the molecule is CC1CCCN(C(=O)Nc2cnn(C3CCNCC3)c2)C1. The highest BCUT2D eigenvalue weighted by Crippen LogP contribution is 2.20. The molecule has 2 N–H and O–H groups in total. The second kappa shape index (κ2) is 6.47. The van der Waals surface area contributed by atoms with Crippen LogP contribution in [0.5, 0.6) is 0 Å². The summed E-state index contributed by atoms with van der Waals surface area (Å²) in [5.41, 5.74) is 0.803. The third-order valence-corrected chi connectivity index (χ3v) is 4.48. The molecule has 1 aromatic rings. The van der Waals surface area contributed by atoms with Crippen molar-refractivity contribution >= 4 is 11.7 Å². The Hall–Kier alpha value is -1.56. The zero-order valence-corrected chi connectivity index (χ0v) is 12.7. The summed E-state index contributed by atoms with van der Waals surface area (Å²) in [4.78, 5) is 14.2. The molecular weight excluding hydrogens is 266 g/mol. The van der Waals surface area contributed by atoms with Crippen molar-refractivity contribution in [3.8, 4) is 0 Å². The number of rotatable bonds is 2. The van der Waals surface area contributed by atoms with Crippen molar-refractivity contribution < 1.29 is 4.79 Å². The summed E-state index contributed by atoms with van der Waals surface area (Å²) in [7, 11) is 0. The number of aromatic nitrogens is 2. The van der Waals surface area contributed by atoms with E-state index in [4.69, 9.17) is 0 Å². The van der Waals surface area contributed by atoms with E-state index in [9.17, 15) is 4.79 Å². The second-order valence-corrected chi connectivity index (χ2v) is 6.31. The highest BCUT2D eigenvalue weighted by atomic mass is 16.2. The van der Waals surface area contributed by atoms with Gasteiger partial charge >= 0.3 is 6.03 Å². The molecule has 2 aliphatic heterocycles. The van der Waals surface area contributed by atoms with E-state index in [1.54, 1.807) is 6.20 Å². The number of nitrogens with zero attached hydrogens (tertiary/aromatic N) is 3. The molecule has 6 nitrogen and oxygen atoms in total. The number of nitrogens with one attached hydrogen (secondary N) is 2. The predicted molar refractivity (Wildman–Crippen MR) is 82.4 cm³/mol. The molecule has 2 saturated heterocycles. The van der Waals surface area contributed by atoms with Crippen molar-refractivity contribution in [2.24, 2.45) is 5.92 Å². The Bertz CT molecular complexity index is 480. The van der Waals surface area contributed by atoms with Crippen molar-refractivity contribution in [2.45, 2.75) is 38.6 Å². The molecule has 0 spiro atoms. The molecule has 1 unspecified atom stereocenters. The number of hydrogen-bond donors (Lipinski definition) is 2. The molecule has 1 atom stereocenters. The Labute approximate surface area is 125 Å². The number of anilines is 1. The summed E-state index contributed by atoms with van der Waals surface area (Å²) in [6, 6.07) is 0.457. The summed E-state index contributed by atoms with van der Waals surface area (Å²) in [6.45, 7) is 6.00. The molecule has 2 amide bonds. The van der Waals surface area contributed by atoms with Crippen LogP contribution in [-0.4, -0.2) is 46.9 Å². The second-order valence-electron chi connectivity index (χ2n) is 6.31. The fourth-order valence-corrected chi connectivity index (χ4v) is 3.25. The van der Waals surface area contributed by atoms with Gasteiger partial charge in [0.25, 0.3) is 0 Å². The topological polar surface area (TPSA) is 62.2 Å². The minimum absolute atomic E-state index is 0.00594. The summed E-state index contributed by atoms with van der Waals surface area (Å²) < 4.78 is 2.00. The van der Waals surface area contributed by atoms with E-state index >= 15 is 0 Å². The van der Waals surface area contributed by atoms with Gasteiger partial charge in [0.1, 0.15) is 0 Å². The van der Waals surface area contributed by atoms with Gasteiger partial charge in [-0.25, -0.2) is 4.79 Å². The molecule has 0 saturated carbocycles. The van der Waals surface area contributed by atoms with Gasteiger partial charge in [-0.15, -0.1) is 0 Å². The Morgan fingerprint density at radius 2 is 2.19 bits per heavy atom.